The topological polar surface area (TPSA) is 83.9 Å². The van der Waals surface area contributed by atoms with E-state index in [1.165, 1.54) is 10.4 Å². The molecule has 1 N–H and O–H groups in total. The van der Waals surface area contributed by atoms with Crippen LogP contribution in [0.2, 0.25) is 0 Å². The van der Waals surface area contributed by atoms with E-state index in [1.54, 1.807) is 19.1 Å². The van der Waals surface area contributed by atoms with Crippen molar-refractivity contribution in [3.05, 3.63) is 23.8 Å². The van der Waals surface area contributed by atoms with Gasteiger partial charge in [-0.15, -0.1) is 0 Å². The number of rotatable bonds is 3. The van der Waals surface area contributed by atoms with E-state index in [2.05, 4.69) is 0 Å². The fourth-order valence-electron chi connectivity index (χ4n) is 2.94. The van der Waals surface area contributed by atoms with Crippen molar-refractivity contribution in [1.29, 1.82) is 0 Å². The molecule has 22 heavy (non-hydrogen) atoms. The fourth-order valence-corrected chi connectivity index (χ4v) is 4.56. The van der Waals surface area contributed by atoms with E-state index in [-0.39, 0.29) is 18.0 Å². The molecule has 0 bridgehead atoms. The Balaban J connectivity index is 1.89. The monoisotopic (exact) mass is 325 g/mol. The van der Waals surface area contributed by atoms with E-state index < -0.39 is 21.4 Å². The molecule has 7 heteroatoms. The smallest absolute Gasteiger partial charge is 0.310 e. The molecule has 1 saturated heterocycles. The molecule has 120 valence electrons. The molecule has 1 atom stereocenters. The van der Waals surface area contributed by atoms with Gasteiger partial charge in [0.2, 0.25) is 10.0 Å². The molecule has 3 rings (SSSR count). The van der Waals surface area contributed by atoms with Gasteiger partial charge in [-0.25, -0.2) is 8.42 Å². The van der Waals surface area contributed by atoms with Gasteiger partial charge < -0.3 is 9.84 Å². The highest BCUT2D eigenvalue weighted by molar-refractivity contribution is 7.89. The maximum Gasteiger partial charge on any atom is 0.310 e. The molecule has 2 aliphatic heterocycles. The van der Waals surface area contributed by atoms with Gasteiger partial charge in [-0.3, -0.25) is 4.79 Å². The highest BCUT2D eigenvalue weighted by Crippen LogP contribution is 2.35. The minimum Gasteiger partial charge on any atom is -0.493 e. The number of nitrogens with zero attached hydrogens (tertiary/aromatic N) is 1. The van der Waals surface area contributed by atoms with E-state index in [1.807, 2.05) is 0 Å². The van der Waals surface area contributed by atoms with Crippen molar-refractivity contribution in [2.45, 2.75) is 31.1 Å². The molecule has 6 nitrogen and oxygen atoms in total. The third kappa shape index (κ3) is 2.48. The molecule has 0 saturated carbocycles. The quantitative estimate of drug-likeness (QED) is 0.910. The molecule has 0 aromatic heterocycles. The Morgan fingerprint density at radius 1 is 1.41 bits per heavy atom. The third-order valence-electron chi connectivity index (χ3n) is 4.47. The number of carboxylic acids is 1. The zero-order chi connectivity index (χ0) is 16.0. The lowest BCUT2D eigenvalue weighted by molar-refractivity contribution is -0.146. The van der Waals surface area contributed by atoms with Gasteiger partial charge in [-0.1, -0.05) is 0 Å². The molecule has 1 fully saturated rings. The van der Waals surface area contributed by atoms with Gasteiger partial charge in [-0.2, -0.15) is 4.31 Å². The van der Waals surface area contributed by atoms with Crippen molar-refractivity contribution in [1.82, 2.24) is 4.31 Å². The van der Waals surface area contributed by atoms with Gasteiger partial charge in [0.1, 0.15) is 5.75 Å². The highest BCUT2D eigenvalue weighted by atomic mass is 32.2. The van der Waals surface area contributed by atoms with E-state index in [0.717, 1.165) is 24.2 Å². The van der Waals surface area contributed by atoms with Crippen LogP contribution in [-0.2, 0) is 21.2 Å². The zero-order valence-corrected chi connectivity index (χ0v) is 13.2. The Kier molecular flexibility index (Phi) is 3.65. The summed E-state index contributed by atoms with van der Waals surface area (Å²) in [5.74, 6) is -0.217. The Labute approximate surface area is 129 Å². The van der Waals surface area contributed by atoms with Crippen LogP contribution in [0.1, 0.15) is 25.3 Å². The minimum atomic E-state index is -3.66. The standard InChI is InChI=1S/C15H19NO5S/c1-15(14(17)18)6-7-16(10-15)22(19,20)12-4-5-13-11(9-12)3-2-8-21-13/h4-5,9H,2-3,6-8,10H2,1H3,(H,17,18)/t15-/m0/s1. The number of benzene rings is 1. The Bertz CT molecular complexity index is 715. The number of carboxylic acid groups (broad SMARTS) is 1. The minimum absolute atomic E-state index is 0.0122. The van der Waals surface area contributed by atoms with E-state index in [0.29, 0.717) is 13.0 Å². The first-order valence-electron chi connectivity index (χ1n) is 7.32. The molecule has 2 aliphatic rings. The average Bonchev–Trinajstić information content (AvgIpc) is 2.91. The lowest BCUT2D eigenvalue weighted by Crippen LogP contribution is -2.35. The van der Waals surface area contributed by atoms with Crippen molar-refractivity contribution < 1.29 is 23.1 Å². The van der Waals surface area contributed by atoms with Crippen LogP contribution in [0.4, 0.5) is 0 Å². The first-order valence-corrected chi connectivity index (χ1v) is 8.76. The van der Waals surface area contributed by atoms with Crippen LogP contribution in [0.15, 0.2) is 23.1 Å². The van der Waals surface area contributed by atoms with Crippen LogP contribution in [0.25, 0.3) is 0 Å². The van der Waals surface area contributed by atoms with Gasteiger partial charge in [0, 0.05) is 13.1 Å². The van der Waals surface area contributed by atoms with Crippen LogP contribution in [-0.4, -0.2) is 43.5 Å². The van der Waals surface area contributed by atoms with Crippen LogP contribution in [0.5, 0.6) is 5.75 Å². The summed E-state index contributed by atoms with van der Waals surface area (Å²) in [5.41, 5.74) is -0.114. The number of ether oxygens (including phenoxy) is 1. The first kappa shape index (κ1) is 15.3. The van der Waals surface area contributed by atoms with Crippen LogP contribution >= 0.6 is 0 Å². The van der Waals surface area contributed by atoms with Crippen molar-refractivity contribution in [3.63, 3.8) is 0 Å². The normalized spacial score (nSPS) is 25.5. The second-order valence-electron chi connectivity index (χ2n) is 6.18. The molecule has 0 spiro atoms. The molecule has 0 aliphatic carbocycles. The van der Waals surface area contributed by atoms with E-state index >= 15 is 0 Å². The van der Waals surface area contributed by atoms with Crippen molar-refractivity contribution in [2.24, 2.45) is 5.41 Å². The second kappa shape index (κ2) is 5.24. The average molecular weight is 325 g/mol. The number of sulfonamides is 1. The SMILES string of the molecule is C[C@]1(C(=O)O)CCN(S(=O)(=O)c2ccc3c(c2)CCCO3)C1. The van der Waals surface area contributed by atoms with Gasteiger partial charge in [-0.05, 0) is 49.9 Å². The predicted octanol–water partition coefficient (Wildman–Crippen LogP) is 1.50. The summed E-state index contributed by atoms with van der Waals surface area (Å²) < 4.78 is 32.2. The van der Waals surface area contributed by atoms with Crippen LogP contribution < -0.4 is 4.74 Å². The van der Waals surface area contributed by atoms with Crippen LogP contribution in [0.3, 0.4) is 0 Å². The molecule has 0 unspecified atom stereocenters. The Morgan fingerprint density at radius 3 is 2.86 bits per heavy atom. The summed E-state index contributed by atoms with van der Waals surface area (Å²) >= 11 is 0. The van der Waals surface area contributed by atoms with Crippen molar-refractivity contribution in [2.75, 3.05) is 19.7 Å². The van der Waals surface area contributed by atoms with Crippen LogP contribution in [0, 0.1) is 5.41 Å². The molecular formula is C15H19NO5S. The van der Waals surface area contributed by atoms with Gasteiger partial charge in [0.05, 0.1) is 16.9 Å². The number of carbonyl (C=O) groups is 1. The molecule has 1 aromatic rings. The van der Waals surface area contributed by atoms with Gasteiger partial charge >= 0.3 is 5.97 Å². The van der Waals surface area contributed by atoms with E-state index in [9.17, 15) is 18.3 Å². The fraction of sp³-hybridized carbons (Fsp3) is 0.533. The summed E-state index contributed by atoms with van der Waals surface area (Å²) in [6, 6.07) is 4.88. The molecule has 0 amide bonds. The predicted molar refractivity (Wildman–Crippen MR) is 79.4 cm³/mol. The largest absolute Gasteiger partial charge is 0.493 e. The first-order chi connectivity index (χ1) is 10.3. The number of aliphatic carboxylic acids is 1. The number of aryl methyl sites for hydroxylation is 1. The number of hydrogen-bond donors (Lipinski definition) is 1. The Morgan fingerprint density at radius 2 is 2.18 bits per heavy atom. The Hall–Kier alpha value is -1.60. The maximum atomic E-state index is 12.7. The summed E-state index contributed by atoms with van der Waals surface area (Å²) in [7, 11) is -3.66. The summed E-state index contributed by atoms with van der Waals surface area (Å²) in [5, 5.41) is 9.25. The highest BCUT2D eigenvalue weighted by Gasteiger charge is 2.45. The van der Waals surface area contributed by atoms with Gasteiger partial charge in [0.15, 0.2) is 0 Å². The van der Waals surface area contributed by atoms with Gasteiger partial charge in [0.25, 0.3) is 0 Å². The summed E-state index contributed by atoms with van der Waals surface area (Å²) in [4.78, 5) is 11.5. The maximum absolute atomic E-state index is 12.7. The molecule has 2 heterocycles. The van der Waals surface area contributed by atoms with E-state index in [4.69, 9.17) is 4.74 Å². The number of fused-ring (bicyclic) bond motifs is 1. The summed E-state index contributed by atoms with van der Waals surface area (Å²) in [6.07, 6.45) is 2.00. The summed E-state index contributed by atoms with van der Waals surface area (Å²) in [6.45, 7) is 2.49. The second-order valence-corrected chi connectivity index (χ2v) is 8.11. The number of hydrogen-bond acceptors (Lipinski definition) is 4. The lowest BCUT2D eigenvalue weighted by Gasteiger charge is -2.22. The molecule has 0 radical (unpaired) electrons. The molecular weight excluding hydrogens is 306 g/mol. The van der Waals surface area contributed by atoms with Crippen molar-refractivity contribution in [3.8, 4) is 5.75 Å². The third-order valence-corrected chi connectivity index (χ3v) is 6.31. The lowest BCUT2D eigenvalue weighted by atomic mass is 9.90. The zero-order valence-electron chi connectivity index (χ0n) is 12.4. The molecule has 1 aromatic carbocycles. The van der Waals surface area contributed by atoms with Crippen molar-refractivity contribution >= 4 is 16.0 Å².